The molecular weight excluding hydrogens is 396 g/mol. The van der Waals surface area contributed by atoms with E-state index in [0.29, 0.717) is 22.6 Å². The number of nitro benzene ring substituents is 1. The van der Waals surface area contributed by atoms with E-state index in [4.69, 9.17) is 4.74 Å². The van der Waals surface area contributed by atoms with E-state index in [9.17, 15) is 19.7 Å². The van der Waals surface area contributed by atoms with Gasteiger partial charge in [0.25, 0.3) is 17.5 Å². The Morgan fingerprint density at radius 2 is 1.35 bits per heavy atom. The summed E-state index contributed by atoms with van der Waals surface area (Å²) in [6.45, 7) is 0. The Kier molecular flexibility index (Phi) is 4.22. The van der Waals surface area contributed by atoms with Gasteiger partial charge in [-0.15, -0.1) is 0 Å². The van der Waals surface area contributed by atoms with Gasteiger partial charge in [-0.2, -0.15) is 0 Å². The first-order chi connectivity index (χ1) is 15.0. The lowest BCUT2D eigenvalue weighted by Gasteiger charge is -2.27. The van der Waals surface area contributed by atoms with Crippen molar-refractivity contribution >= 4 is 34.0 Å². The molecule has 0 unspecified atom stereocenters. The molecule has 1 heterocycles. The molecule has 150 valence electrons. The summed E-state index contributed by atoms with van der Waals surface area (Å²) in [5.41, 5.74) is 0.745. The van der Waals surface area contributed by atoms with Crippen LogP contribution in [-0.4, -0.2) is 16.7 Å². The van der Waals surface area contributed by atoms with Crippen molar-refractivity contribution in [3.63, 3.8) is 0 Å². The highest BCUT2D eigenvalue weighted by molar-refractivity contribution is 6.36. The Labute approximate surface area is 176 Å². The molecule has 0 saturated heterocycles. The van der Waals surface area contributed by atoms with Crippen molar-refractivity contribution in [2.75, 3.05) is 4.90 Å². The fourth-order valence-electron chi connectivity index (χ4n) is 3.76. The van der Waals surface area contributed by atoms with Crippen LogP contribution < -0.4 is 9.64 Å². The molecule has 0 spiro atoms. The van der Waals surface area contributed by atoms with Crippen molar-refractivity contribution in [1.29, 1.82) is 0 Å². The normalized spacial score (nSPS) is 12.8. The number of carbonyl (C=O) groups is 2. The Bertz CT molecular complexity index is 1340. The number of hydrogen-bond donors (Lipinski definition) is 0. The maximum Gasteiger partial charge on any atom is 0.277 e. The van der Waals surface area contributed by atoms with Crippen molar-refractivity contribution in [3.05, 3.63) is 106 Å². The number of nitro groups is 1. The fraction of sp³-hybridized carbons (Fsp3) is 0. The molecule has 31 heavy (non-hydrogen) atoms. The Morgan fingerprint density at radius 3 is 2.03 bits per heavy atom. The van der Waals surface area contributed by atoms with Gasteiger partial charge in [0, 0.05) is 22.6 Å². The molecular formula is C24H14N2O5. The van der Waals surface area contributed by atoms with Gasteiger partial charge in [0.1, 0.15) is 11.5 Å². The molecule has 7 heteroatoms. The monoisotopic (exact) mass is 410 g/mol. The van der Waals surface area contributed by atoms with Gasteiger partial charge < -0.3 is 4.74 Å². The van der Waals surface area contributed by atoms with E-state index >= 15 is 0 Å². The lowest BCUT2D eigenvalue weighted by molar-refractivity contribution is -0.383. The minimum atomic E-state index is -0.527. The summed E-state index contributed by atoms with van der Waals surface area (Å²) in [4.78, 5) is 38.3. The number of anilines is 1. The first kappa shape index (κ1) is 18.5. The lowest BCUT2D eigenvalue weighted by Crippen LogP contribution is -2.40. The van der Waals surface area contributed by atoms with Crippen LogP contribution in [0.25, 0.3) is 10.8 Å². The number of non-ortho nitro benzene ring substituents is 1. The average molecular weight is 410 g/mol. The quantitative estimate of drug-likeness (QED) is 0.257. The number of hydrogen-bond acceptors (Lipinski definition) is 5. The standard InChI is InChI=1S/C24H14N2O5/c27-23-19-8-4-7-18-21(26(29)30)14-13-20(22(18)19)24(28)25(23)15-9-11-17(12-10-15)31-16-5-2-1-3-6-16/h1-14H. The molecule has 0 N–H and O–H groups in total. The molecule has 0 aliphatic carbocycles. The van der Waals surface area contributed by atoms with Crippen LogP contribution in [0.15, 0.2) is 84.9 Å². The third-order valence-electron chi connectivity index (χ3n) is 5.16. The summed E-state index contributed by atoms with van der Waals surface area (Å²) in [5.74, 6) is 0.174. The van der Waals surface area contributed by atoms with Crippen molar-refractivity contribution in [2.45, 2.75) is 0 Å². The molecule has 0 radical (unpaired) electrons. The molecule has 0 aromatic heterocycles. The van der Waals surface area contributed by atoms with E-state index in [1.807, 2.05) is 30.3 Å². The van der Waals surface area contributed by atoms with Gasteiger partial charge in [-0.1, -0.05) is 24.3 Å². The number of para-hydroxylation sites is 1. The minimum Gasteiger partial charge on any atom is -0.457 e. The summed E-state index contributed by atoms with van der Waals surface area (Å²) in [6, 6.07) is 23.3. The predicted molar refractivity (Wildman–Crippen MR) is 115 cm³/mol. The van der Waals surface area contributed by atoms with E-state index in [-0.39, 0.29) is 22.2 Å². The van der Waals surface area contributed by atoms with E-state index in [2.05, 4.69) is 0 Å². The summed E-state index contributed by atoms with van der Waals surface area (Å²) >= 11 is 0. The number of amides is 2. The number of nitrogens with zero attached hydrogens (tertiary/aromatic N) is 2. The lowest BCUT2D eigenvalue weighted by atomic mass is 9.93. The molecule has 1 aliphatic rings. The number of ether oxygens (including phenoxy) is 1. The van der Waals surface area contributed by atoms with Crippen molar-refractivity contribution in [1.82, 2.24) is 0 Å². The molecule has 1 aliphatic heterocycles. The molecule has 7 nitrogen and oxygen atoms in total. The summed E-state index contributed by atoms with van der Waals surface area (Å²) in [5, 5.41) is 12.0. The highest BCUT2D eigenvalue weighted by atomic mass is 16.6. The van der Waals surface area contributed by atoms with Crippen molar-refractivity contribution in [3.8, 4) is 11.5 Å². The molecule has 4 aromatic carbocycles. The Morgan fingerprint density at radius 1 is 0.710 bits per heavy atom. The van der Waals surface area contributed by atoms with Crippen LogP contribution in [0.5, 0.6) is 11.5 Å². The van der Waals surface area contributed by atoms with Crippen molar-refractivity contribution < 1.29 is 19.2 Å². The van der Waals surface area contributed by atoms with Crippen LogP contribution in [0, 0.1) is 10.1 Å². The van der Waals surface area contributed by atoms with Crippen LogP contribution in [0.3, 0.4) is 0 Å². The Hall–Kier alpha value is -4.52. The van der Waals surface area contributed by atoms with Gasteiger partial charge in [-0.05, 0) is 54.6 Å². The van der Waals surface area contributed by atoms with Crippen LogP contribution >= 0.6 is 0 Å². The fourth-order valence-corrected chi connectivity index (χ4v) is 3.76. The summed E-state index contributed by atoms with van der Waals surface area (Å²) in [6.07, 6.45) is 0. The maximum atomic E-state index is 13.2. The van der Waals surface area contributed by atoms with E-state index in [1.54, 1.807) is 42.5 Å². The number of rotatable bonds is 4. The third-order valence-corrected chi connectivity index (χ3v) is 5.16. The largest absolute Gasteiger partial charge is 0.457 e. The smallest absolute Gasteiger partial charge is 0.277 e. The number of benzene rings is 4. The van der Waals surface area contributed by atoms with Crippen LogP contribution in [0.4, 0.5) is 11.4 Å². The predicted octanol–water partition coefficient (Wildman–Crippen LogP) is 5.34. The highest BCUT2D eigenvalue weighted by Gasteiger charge is 2.35. The van der Waals surface area contributed by atoms with Crippen LogP contribution in [0.2, 0.25) is 0 Å². The number of imide groups is 1. The zero-order valence-corrected chi connectivity index (χ0v) is 16.0. The van der Waals surface area contributed by atoms with Crippen LogP contribution in [0.1, 0.15) is 20.7 Å². The van der Waals surface area contributed by atoms with E-state index < -0.39 is 16.7 Å². The average Bonchev–Trinajstić information content (AvgIpc) is 2.79. The molecule has 5 rings (SSSR count). The second-order valence-corrected chi connectivity index (χ2v) is 6.97. The first-order valence-electron chi connectivity index (χ1n) is 9.46. The molecule has 4 aromatic rings. The molecule has 0 bridgehead atoms. The van der Waals surface area contributed by atoms with Gasteiger partial charge >= 0.3 is 0 Å². The second kappa shape index (κ2) is 7.07. The van der Waals surface area contributed by atoms with Crippen LogP contribution in [-0.2, 0) is 0 Å². The Balaban J connectivity index is 1.54. The van der Waals surface area contributed by atoms with Gasteiger partial charge in [0.15, 0.2) is 0 Å². The SMILES string of the molecule is O=C1c2cccc3c([N+](=O)[O-])ccc(c23)C(=O)N1c1ccc(Oc2ccccc2)cc1. The van der Waals surface area contributed by atoms with Gasteiger partial charge in [0.2, 0.25) is 0 Å². The molecule has 2 amide bonds. The van der Waals surface area contributed by atoms with E-state index in [0.717, 1.165) is 4.90 Å². The van der Waals surface area contributed by atoms with Gasteiger partial charge in [-0.3, -0.25) is 19.7 Å². The molecule has 0 atom stereocenters. The topological polar surface area (TPSA) is 89.8 Å². The molecule has 0 fully saturated rings. The number of carbonyl (C=O) groups excluding carboxylic acids is 2. The van der Waals surface area contributed by atoms with Gasteiger partial charge in [0.05, 0.1) is 16.0 Å². The van der Waals surface area contributed by atoms with Crippen molar-refractivity contribution in [2.24, 2.45) is 0 Å². The second-order valence-electron chi connectivity index (χ2n) is 6.97. The summed E-state index contributed by atoms with van der Waals surface area (Å²) in [7, 11) is 0. The zero-order chi connectivity index (χ0) is 21.5. The van der Waals surface area contributed by atoms with Gasteiger partial charge in [-0.25, -0.2) is 4.90 Å². The first-order valence-corrected chi connectivity index (χ1v) is 9.46. The summed E-state index contributed by atoms with van der Waals surface area (Å²) < 4.78 is 5.76. The third kappa shape index (κ3) is 3.00. The highest BCUT2D eigenvalue weighted by Crippen LogP contribution is 2.37. The minimum absolute atomic E-state index is 0.142. The van der Waals surface area contributed by atoms with E-state index in [1.165, 1.54) is 12.1 Å². The maximum absolute atomic E-state index is 13.2. The zero-order valence-electron chi connectivity index (χ0n) is 16.0. The molecule has 0 saturated carbocycles.